The fourth-order valence-corrected chi connectivity index (χ4v) is 2.83. The second-order valence-electron chi connectivity index (χ2n) is 6.46. The number of aryl methyl sites for hydroxylation is 1. The molecule has 0 aliphatic rings. The molecule has 9 heteroatoms. The van der Waals surface area contributed by atoms with Crippen LogP contribution in [0.1, 0.15) is 17.0 Å². The first-order chi connectivity index (χ1) is 13.8. The van der Waals surface area contributed by atoms with E-state index in [2.05, 4.69) is 15.4 Å². The van der Waals surface area contributed by atoms with Gasteiger partial charge in [0.15, 0.2) is 0 Å². The number of imidazole rings is 1. The van der Waals surface area contributed by atoms with Crippen LogP contribution in [0.25, 0.3) is 17.2 Å². The molecule has 4 rings (SSSR count). The molecule has 2 heterocycles. The van der Waals surface area contributed by atoms with Crippen LogP contribution in [0.5, 0.6) is 0 Å². The van der Waals surface area contributed by atoms with Crippen LogP contribution < -0.4 is 5.32 Å². The van der Waals surface area contributed by atoms with Crippen LogP contribution in [0.3, 0.4) is 0 Å². The average molecular weight is 400 g/mol. The van der Waals surface area contributed by atoms with Crippen molar-refractivity contribution in [3.63, 3.8) is 0 Å². The van der Waals surface area contributed by atoms with E-state index in [0.29, 0.717) is 28.7 Å². The molecule has 0 radical (unpaired) electrons. The van der Waals surface area contributed by atoms with E-state index in [-0.39, 0.29) is 12.3 Å². The summed E-state index contributed by atoms with van der Waals surface area (Å²) in [5.74, 6) is 0.805. The maximum absolute atomic E-state index is 12.6. The third-order valence-corrected chi connectivity index (χ3v) is 4.33. The second-order valence-corrected chi connectivity index (χ2v) is 6.46. The van der Waals surface area contributed by atoms with Gasteiger partial charge in [0.25, 0.3) is 0 Å². The molecule has 0 unspecified atom stereocenters. The van der Waals surface area contributed by atoms with Gasteiger partial charge in [0.1, 0.15) is 5.82 Å². The Kier molecular flexibility index (Phi) is 4.57. The van der Waals surface area contributed by atoms with Crippen LogP contribution in [0.2, 0.25) is 0 Å². The van der Waals surface area contributed by atoms with Crippen molar-refractivity contribution in [1.82, 2.24) is 14.6 Å². The average Bonchev–Trinajstić information content (AvgIpc) is 3.24. The van der Waals surface area contributed by atoms with Crippen molar-refractivity contribution in [2.75, 3.05) is 5.32 Å². The number of nitrogens with zero attached hydrogens (tertiary/aromatic N) is 3. The van der Waals surface area contributed by atoms with Gasteiger partial charge in [-0.3, -0.25) is 4.79 Å². The highest BCUT2D eigenvalue weighted by Gasteiger charge is 2.29. The highest BCUT2D eigenvalue weighted by molar-refractivity contribution is 5.92. The van der Waals surface area contributed by atoms with E-state index in [1.807, 2.05) is 6.92 Å². The van der Waals surface area contributed by atoms with Gasteiger partial charge >= 0.3 is 6.18 Å². The summed E-state index contributed by atoms with van der Waals surface area (Å²) in [7, 11) is 0. The minimum Gasteiger partial charge on any atom is -0.417 e. The lowest BCUT2D eigenvalue weighted by Gasteiger charge is -2.08. The molecule has 1 N–H and O–H groups in total. The zero-order chi connectivity index (χ0) is 20.6. The lowest BCUT2D eigenvalue weighted by atomic mass is 10.1. The molecule has 2 aromatic carbocycles. The molecular weight excluding hydrogens is 385 g/mol. The van der Waals surface area contributed by atoms with Crippen molar-refractivity contribution in [2.24, 2.45) is 0 Å². The first-order valence-electron chi connectivity index (χ1n) is 8.67. The van der Waals surface area contributed by atoms with Crippen molar-refractivity contribution in [1.29, 1.82) is 0 Å². The fraction of sp³-hybridized carbons (Fsp3) is 0.150. The van der Waals surface area contributed by atoms with E-state index in [0.717, 1.165) is 17.7 Å². The number of rotatable bonds is 4. The smallest absolute Gasteiger partial charge is 0.416 e. The normalized spacial score (nSPS) is 11.7. The standard InChI is InChI=1S/C20H15F3N4O2/c1-12-24-11-18-27(12)26-19(29-18)14-4-8-16(9-5-14)25-17(28)10-13-2-6-15(7-3-13)20(21,22)23/h2-9,11H,10H2,1H3,(H,25,28). The Morgan fingerprint density at radius 1 is 1.10 bits per heavy atom. The molecule has 0 atom stereocenters. The van der Waals surface area contributed by atoms with E-state index in [1.54, 1.807) is 35.0 Å². The number of amides is 1. The minimum absolute atomic E-state index is 0.0303. The van der Waals surface area contributed by atoms with Gasteiger partial charge in [0, 0.05) is 11.3 Å². The van der Waals surface area contributed by atoms with Gasteiger partial charge in [-0.05, 0) is 48.9 Å². The number of carbonyl (C=O) groups excluding carboxylic acids is 1. The number of halogens is 3. The predicted octanol–water partition coefficient (Wildman–Crippen LogP) is 4.50. The molecular formula is C20H15F3N4O2. The molecule has 0 fully saturated rings. The van der Waals surface area contributed by atoms with Crippen LogP contribution in [0.15, 0.2) is 59.1 Å². The van der Waals surface area contributed by atoms with Crippen LogP contribution in [0.4, 0.5) is 18.9 Å². The Balaban J connectivity index is 1.41. The highest BCUT2D eigenvalue weighted by Crippen LogP contribution is 2.29. The number of nitrogens with one attached hydrogen (secondary N) is 1. The summed E-state index contributed by atoms with van der Waals surface area (Å²) in [5, 5.41) is 7.05. The van der Waals surface area contributed by atoms with Crippen molar-refractivity contribution in [2.45, 2.75) is 19.5 Å². The first kappa shape index (κ1) is 18.7. The van der Waals surface area contributed by atoms with Crippen LogP contribution in [0, 0.1) is 6.92 Å². The third-order valence-electron chi connectivity index (χ3n) is 4.33. The Morgan fingerprint density at radius 2 is 1.79 bits per heavy atom. The van der Waals surface area contributed by atoms with E-state index >= 15 is 0 Å². The van der Waals surface area contributed by atoms with Gasteiger partial charge in [-0.25, -0.2) is 4.98 Å². The van der Waals surface area contributed by atoms with E-state index in [1.165, 1.54) is 12.1 Å². The zero-order valence-corrected chi connectivity index (χ0v) is 15.2. The summed E-state index contributed by atoms with van der Waals surface area (Å²) in [5.41, 5.74) is 1.57. The summed E-state index contributed by atoms with van der Waals surface area (Å²) in [6, 6.07) is 11.4. The Morgan fingerprint density at radius 3 is 2.41 bits per heavy atom. The quantitative estimate of drug-likeness (QED) is 0.548. The molecule has 4 aromatic rings. The Bertz CT molecular complexity index is 1160. The summed E-state index contributed by atoms with van der Waals surface area (Å²) in [4.78, 5) is 16.3. The molecule has 0 spiro atoms. The number of benzene rings is 2. The van der Waals surface area contributed by atoms with Gasteiger partial charge in [-0.1, -0.05) is 12.1 Å². The van der Waals surface area contributed by atoms with Crippen molar-refractivity contribution >= 4 is 17.3 Å². The number of hydrogen-bond donors (Lipinski definition) is 1. The van der Waals surface area contributed by atoms with Gasteiger partial charge in [0.2, 0.25) is 17.5 Å². The molecule has 0 saturated heterocycles. The van der Waals surface area contributed by atoms with Crippen LogP contribution >= 0.6 is 0 Å². The summed E-state index contributed by atoms with van der Waals surface area (Å²) >= 11 is 0. The molecule has 0 bridgehead atoms. The Labute approximate surface area is 163 Å². The molecule has 0 saturated carbocycles. The highest BCUT2D eigenvalue weighted by atomic mass is 19.4. The predicted molar refractivity (Wildman–Crippen MR) is 99.2 cm³/mol. The number of alkyl halides is 3. The number of carbonyl (C=O) groups is 1. The molecule has 1 amide bonds. The van der Waals surface area contributed by atoms with Crippen molar-refractivity contribution in [3.05, 3.63) is 71.7 Å². The van der Waals surface area contributed by atoms with Gasteiger partial charge < -0.3 is 9.73 Å². The van der Waals surface area contributed by atoms with E-state index in [4.69, 9.17) is 4.42 Å². The number of anilines is 1. The monoisotopic (exact) mass is 400 g/mol. The third kappa shape index (κ3) is 3.98. The summed E-state index contributed by atoms with van der Waals surface area (Å²) in [6.45, 7) is 1.81. The van der Waals surface area contributed by atoms with Crippen LogP contribution in [-0.4, -0.2) is 20.5 Å². The maximum atomic E-state index is 12.6. The topological polar surface area (TPSA) is 72.4 Å². The summed E-state index contributed by atoms with van der Waals surface area (Å²) < 4.78 is 45.0. The fourth-order valence-electron chi connectivity index (χ4n) is 2.83. The molecule has 0 aliphatic carbocycles. The van der Waals surface area contributed by atoms with Crippen molar-refractivity contribution < 1.29 is 22.4 Å². The SMILES string of the molecule is Cc1ncc2oc(-c3ccc(NC(=O)Cc4ccc(C(F)(F)F)cc4)cc3)nn12. The molecule has 148 valence electrons. The molecule has 0 aliphatic heterocycles. The number of aromatic nitrogens is 3. The maximum Gasteiger partial charge on any atom is 0.416 e. The number of hydrogen-bond acceptors (Lipinski definition) is 4. The zero-order valence-electron chi connectivity index (χ0n) is 15.2. The van der Waals surface area contributed by atoms with Gasteiger partial charge in [-0.2, -0.15) is 17.7 Å². The summed E-state index contributed by atoms with van der Waals surface area (Å²) in [6.07, 6.45) is -2.84. The van der Waals surface area contributed by atoms with Crippen LogP contribution in [-0.2, 0) is 17.4 Å². The minimum atomic E-state index is -4.40. The van der Waals surface area contributed by atoms with Crippen molar-refractivity contribution in [3.8, 4) is 11.5 Å². The van der Waals surface area contributed by atoms with Gasteiger partial charge in [-0.15, -0.1) is 5.10 Å². The van der Waals surface area contributed by atoms with E-state index in [9.17, 15) is 18.0 Å². The molecule has 6 nitrogen and oxygen atoms in total. The first-order valence-corrected chi connectivity index (χ1v) is 8.67. The Hall–Kier alpha value is -3.62. The second kappa shape index (κ2) is 7.08. The molecule has 2 aromatic heterocycles. The molecule has 29 heavy (non-hydrogen) atoms. The van der Waals surface area contributed by atoms with Gasteiger partial charge in [0.05, 0.1) is 18.2 Å². The van der Waals surface area contributed by atoms with E-state index < -0.39 is 11.7 Å². The lowest BCUT2D eigenvalue weighted by Crippen LogP contribution is -2.14. The largest absolute Gasteiger partial charge is 0.417 e. The lowest BCUT2D eigenvalue weighted by molar-refractivity contribution is -0.137. The number of fused-ring (bicyclic) bond motifs is 1.